The van der Waals surface area contributed by atoms with Gasteiger partial charge in [-0.2, -0.15) is 0 Å². The van der Waals surface area contributed by atoms with Crippen molar-refractivity contribution in [1.29, 1.82) is 0 Å². The van der Waals surface area contributed by atoms with Crippen molar-refractivity contribution in [2.24, 2.45) is 16.1 Å². The van der Waals surface area contributed by atoms with Gasteiger partial charge in [-0.25, -0.2) is 18.2 Å². The van der Waals surface area contributed by atoms with Gasteiger partial charge in [0.05, 0.1) is 11.4 Å². The number of thiol groups is 1. The van der Waals surface area contributed by atoms with Crippen LogP contribution in [0.3, 0.4) is 0 Å². The molecule has 0 saturated carbocycles. The molecular formula is C24H24F3N3S. The summed E-state index contributed by atoms with van der Waals surface area (Å²) in [6.07, 6.45) is 6.82. The number of nitrogens with one attached hydrogen (secondary N) is 1. The molecule has 1 aliphatic carbocycles. The van der Waals surface area contributed by atoms with Gasteiger partial charge in [-0.05, 0) is 79.1 Å². The third kappa shape index (κ3) is 5.29. The normalized spacial score (nSPS) is 21.4. The number of nitrogens with two attached hydrogens (primary N) is 1. The molecule has 1 aliphatic rings. The van der Waals surface area contributed by atoms with E-state index in [2.05, 4.69) is 29.1 Å². The highest BCUT2D eigenvalue weighted by molar-refractivity contribution is 7.78. The van der Waals surface area contributed by atoms with Crippen LogP contribution in [0.25, 0.3) is 0 Å². The van der Waals surface area contributed by atoms with Gasteiger partial charge in [-0.15, -0.1) is 6.58 Å². The molecule has 3 nitrogen and oxygen atoms in total. The molecule has 1 unspecified atom stereocenters. The van der Waals surface area contributed by atoms with E-state index >= 15 is 0 Å². The zero-order valence-corrected chi connectivity index (χ0v) is 17.8. The summed E-state index contributed by atoms with van der Waals surface area (Å²) >= 11 is 4.09. The number of benzene rings is 2. The first-order chi connectivity index (χ1) is 14.9. The van der Waals surface area contributed by atoms with Crippen molar-refractivity contribution >= 4 is 24.2 Å². The molecule has 0 bridgehead atoms. The number of rotatable bonds is 7. The summed E-state index contributed by atoms with van der Waals surface area (Å²) < 4.78 is 43.3. The highest BCUT2D eigenvalue weighted by Crippen LogP contribution is 2.44. The van der Waals surface area contributed by atoms with Crippen LogP contribution in [-0.4, -0.2) is 12.3 Å². The molecule has 3 N–H and O–H groups in total. The van der Waals surface area contributed by atoms with Gasteiger partial charge in [-0.3, -0.25) is 4.72 Å². The van der Waals surface area contributed by atoms with Crippen LogP contribution in [0.2, 0.25) is 0 Å². The van der Waals surface area contributed by atoms with Crippen LogP contribution in [0.5, 0.6) is 0 Å². The highest BCUT2D eigenvalue weighted by Gasteiger charge is 2.36. The maximum atomic E-state index is 13.8. The number of halogens is 3. The Morgan fingerprint density at radius 2 is 1.87 bits per heavy atom. The van der Waals surface area contributed by atoms with Gasteiger partial charge in [-0.1, -0.05) is 30.5 Å². The fourth-order valence-electron chi connectivity index (χ4n) is 3.83. The summed E-state index contributed by atoms with van der Waals surface area (Å²) in [5.41, 5.74) is 9.10. The van der Waals surface area contributed by atoms with Gasteiger partial charge in [0.25, 0.3) is 0 Å². The molecule has 0 aliphatic heterocycles. The van der Waals surface area contributed by atoms with E-state index < -0.39 is 17.0 Å². The van der Waals surface area contributed by atoms with Crippen LogP contribution in [0.4, 0.5) is 18.9 Å². The molecule has 2 aromatic rings. The van der Waals surface area contributed by atoms with Gasteiger partial charge in [0.2, 0.25) is 0 Å². The van der Waals surface area contributed by atoms with Gasteiger partial charge < -0.3 is 5.73 Å². The zero-order chi connectivity index (χ0) is 22.4. The van der Waals surface area contributed by atoms with Crippen molar-refractivity contribution in [1.82, 2.24) is 4.72 Å². The van der Waals surface area contributed by atoms with E-state index in [1.54, 1.807) is 18.2 Å². The minimum atomic E-state index is -0.886. The number of allylic oxidation sites excluding steroid dienone is 3. The van der Waals surface area contributed by atoms with E-state index in [9.17, 15) is 13.2 Å². The summed E-state index contributed by atoms with van der Waals surface area (Å²) in [7, 11) is 0. The first-order valence-electron chi connectivity index (χ1n) is 9.81. The maximum Gasteiger partial charge on any atom is 0.159 e. The second-order valence-corrected chi connectivity index (χ2v) is 7.77. The average Bonchev–Trinajstić information content (AvgIpc) is 2.77. The Labute approximate surface area is 185 Å². The lowest BCUT2D eigenvalue weighted by molar-refractivity contribution is 0.433. The average molecular weight is 444 g/mol. The Kier molecular flexibility index (Phi) is 7.41. The Morgan fingerprint density at radius 1 is 1.13 bits per heavy atom. The third-order valence-electron chi connectivity index (χ3n) is 5.46. The molecule has 0 fully saturated rings. The summed E-state index contributed by atoms with van der Waals surface area (Å²) in [6.45, 7) is 4.63. The van der Waals surface area contributed by atoms with Crippen LogP contribution in [0, 0.1) is 22.9 Å². The molecule has 7 heteroatoms. The lowest BCUT2D eigenvalue weighted by atomic mass is 9.66. The van der Waals surface area contributed by atoms with Crippen LogP contribution < -0.4 is 10.5 Å². The Bertz CT molecular complexity index is 1040. The third-order valence-corrected chi connectivity index (χ3v) is 5.69. The minimum Gasteiger partial charge on any atom is -0.404 e. The van der Waals surface area contributed by atoms with Crippen LogP contribution >= 0.6 is 12.8 Å². The second-order valence-electron chi connectivity index (χ2n) is 7.46. The van der Waals surface area contributed by atoms with E-state index in [1.807, 2.05) is 12.2 Å². The lowest BCUT2D eigenvalue weighted by Crippen LogP contribution is -2.32. The fraction of sp³-hybridized carbons (Fsp3) is 0.208. The molecule has 0 aromatic heterocycles. The van der Waals surface area contributed by atoms with E-state index in [0.717, 1.165) is 17.2 Å². The van der Waals surface area contributed by atoms with Crippen molar-refractivity contribution in [2.75, 3.05) is 6.54 Å². The minimum absolute atomic E-state index is 0.338. The quantitative estimate of drug-likeness (QED) is 0.386. The maximum absolute atomic E-state index is 13.8. The number of nitrogens with zero attached hydrogens (tertiary/aromatic N) is 1. The standard InChI is InChI=1S/C24H24F3N3S/c1-2-24(13-16-3-8-21(26)22(27)11-16)14-17(15-28)23(12-18(24)9-10-29-31)30-20-6-4-19(25)5-7-20/h2-8,11-12,15,29,31H,1,9-10,13-14,28H2. The van der Waals surface area contributed by atoms with Crippen molar-refractivity contribution in [3.05, 3.63) is 102 Å². The van der Waals surface area contributed by atoms with E-state index in [4.69, 9.17) is 5.73 Å². The predicted molar refractivity (Wildman–Crippen MR) is 123 cm³/mol. The van der Waals surface area contributed by atoms with Crippen molar-refractivity contribution in [3.8, 4) is 0 Å². The topological polar surface area (TPSA) is 50.4 Å². The molecule has 3 rings (SSSR count). The molecule has 1 atom stereocenters. The predicted octanol–water partition coefficient (Wildman–Crippen LogP) is 5.59. The number of hydrogen-bond donors (Lipinski definition) is 3. The summed E-state index contributed by atoms with van der Waals surface area (Å²) in [5, 5.41) is 0. The number of hydrogen-bond acceptors (Lipinski definition) is 4. The van der Waals surface area contributed by atoms with Crippen molar-refractivity contribution < 1.29 is 13.2 Å². The first-order valence-corrected chi connectivity index (χ1v) is 10.3. The smallest absolute Gasteiger partial charge is 0.159 e. The highest BCUT2D eigenvalue weighted by atomic mass is 32.1. The zero-order valence-electron chi connectivity index (χ0n) is 16.9. The largest absolute Gasteiger partial charge is 0.404 e. The number of aliphatic imine (C=N–C) groups is 1. The van der Waals surface area contributed by atoms with Crippen LogP contribution in [0.15, 0.2) is 83.5 Å². The van der Waals surface area contributed by atoms with Gasteiger partial charge in [0.15, 0.2) is 11.6 Å². The SMILES string of the molecule is C=CC1(Cc2ccc(F)c(F)c2)CC(=CN)C(=Nc2ccc(F)cc2)C=C1CCNS. The van der Waals surface area contributed by atoms with E-state index in [1.165, 1.54) is 24.4 Å². The lowest BCUT2D eigenvalue weighted by Gasteiger charge is -2.38. The molecule has 31 heavy (non-hydrogen) atoms. The van der Waals surface area contributed by atoms with Gasteiger partial charge in [0.1, 0.15) is 5.82 Å². The van der Waals surface area contributed by atoms with Crippen molar-refractivity contribution in [3.63, 3.8) is 0 Å². The molecule has 0 amide bonds. The van der Waals surface area contributed by atoms with Gasteiger partial charge in [0, 0.05) is 12.0 Å². The Balaban J connectivity index is 2.06. The summed E-state index contributed by atoms with van der Waals surface area (Å²) in [6, 6.07) is 9.80. The van der Waals surface area contributed by atoms with E-state index in [0.29, 0.717) is 42.8 Å². The molecule has 0 heterocycles. The molecule has 2 aromatic carbocycles. The van der Waals surface area contributed by atoms with Crippen LogP contribution in [-0.2, 0) is 6.42 Å². The van der Waals surface area contributed by atoms with Gasteiger partial charge >= 0.3 is 0 Å². The fourth-order valence-corrected chi connectivity index (χ4v) is 3.94. The van der Waals surface area contributed by atoms with Crippen molar-refractivity contribution in [2.45, 2.75) is 19.3 Å². The first kappa shape index (κ1) is 22.9. The molecule has 162 valence electrons. The molecule has 0 saturated heterocycles. The summed E-state index contributed by atoms with van der Waals surface area (Å²) in [5.74, 6) is -2.11. The summed E-state index contributed by atoms with van der Waals surface area (Å²) in [4.78, 5) is 4.64. The van der Waals surface area contributed by atoms with Crippen LogP contribution in [0.1, 0.15) is 18.4 Å². The molecular weight excluding hydrogens is 419 g/mol. The Hall–Kier alpha value is -2.77. The monoisotopic (exact) mass is 443 g/mol. The second kappa shape index (κ2) is 10.0. The molecule has 0 spiro atoms. The van der Waals surface area contributed by atoms with E-state index in [-0.39, 0.29) is 5.82 Å². The molecule has 0 radical (unpaired) electrons. The Morgan fingerprint density at radius 3 is 2.48 bits per heavy atom.